The number of carbonyl (C=O) groups excluding carboxylic acids is 2. The van der Waals surface area contributed by atoms with E-state index in [-0.39, 0.29) is 17.3 Å². The average molecular weight is 412 g/mol. The number of phenolic OH excluding ortho intramolecular Hbond substituents is 1. The predicted octanol–water partition coefficient (Wildman–Crippen LogP) is 2.65. The number of benzene rings is 2. The number of hydrogen-bond acceptors (Lipinski definition) is 6. The van der Waals surface area contributed by atoms with Crippen molar-refractivity contribution >= 4 is 23.2 Å². The number of nitro groups is 1. The van der Waals surface area contributed by atoms with Crippen molar-refractivity contribution in [2.45, 2.75) is 32.4 Å². The molecule has 2 aromatic rings. The van der Waals surface area contributed by atoms with Gasteiger partial charge in [0.2, 0.25) is 5.91 Å². The molecule has 0 atom stereocenters. The molecule has 0 aromatic heterocycles. The molecule has 1 aliphatic rings. The summed E-state index contributed by atoms with van der Waals surface area (Å²) >= 11 is 0. The second-order valence-electron chi connectivity index (χ2n) is 7.33. The number of nitrogens with one attached hydrogen (secondary N) is 2. The van der Waals surface area contributed by atoms with Crippen molar-refractivity contribution in [1.29, 1.82) is 0 Å². The number of anilines is 1. The van der Waals surface area contributed by atoms with Crippen LogP contribution in [0, 0.1) is 10.1 Å². The van der Waals surface area contributed by atoms with Gasteiger partial charge in [-0.25, -0.2) is 0 Å². The summed E-state index contributed by atoms with van der Waals surface area (Å²) in [6, 6.07) is 12.1. The molecule has 2 amide bonds. The van der Waals surface area contributed by atoms with E-state index < -0.39 is 28.2 Å². The summed E-state index contributed by atoms with van der Waals surface area (Å²) in [5, 5.41) is 26.6. The van der Waals surface area contributed by atoms with Gasteiger partial charge in [0.05, 0.1) is 10.5 Å². The van der Waals surface area contributed by atoms with Gasteiger partial charge in [-0.2, -0.15) is 0 Å². The number of aromatic hydroxyl groups is 1. The SMILES string of the molecule is CC(=O)Nc1cc(O)c(C(=O)NC2CCN(Cc3ccccc3)CC2)cc1[N+](=O)[O-]. The fraction of sp³-hybridized carbons (Fsp3) is 0.333. The summed E-state index contributed by atoms with van der Waals surface area (Å²) in [5.41, 5.74) is 0.431. The highest BCUT2D eigenvalue weighted by molar-refractivity contribution is 6.00. The third kappa shape index (κ3) is 5.32. The van der Waals surface area contributed by atoms with Gasteiger partial charge in [0.1, 0.15) is 11.4 Å². The lowest BCUT2D eigenvalue weighted by Gasteiger charge is -2.32. The molecule has 0 aliphatic carbocycles. The van der Waals surface area contributed by atoms with Gasteiger partial charge in [-0.1, -0.05) is 30.3 Å². The second kappa shape index (κ2) is 9.36. The Kier molecular flexibility index (Phi) is 6.63. The van der Waals surface area contributed by atoms with Crippen molar-refractivity contribution < 1.29 is 19.6 Å². The van der Waals surface area contributed by atoms with Crippen LogP contribution < -0.4 is 10.6 Å². The Labute approximate surface area is 173 Å². The highest BCUT2D eigenvalue weighted by atomic mass is 16.6. The van der Waals surface area contributed by atoms with Crippen molar-refractivity contribution in [3.8, 4) is 5.75 Å². The molecule has 9 nitrogen and oxygen atoms in total. The van der Waals surface area contributed by atoms with E-state index in [2.05, 4.69) is 27.7 Å². The summed E-state index contributed by atoms with van der Waals surface area (Å²) in [5.74, 6) is -1.52. The summed E-state index contributed by atoms with van der Waals surface area (Å²) < 4.78 is 0. The standard InChI is InChI=1S/C21H24N4O5/c1-14(26)22-18-12-20(27)17(11-19(18)25(29)30)21(28)23-16-7-9-24(10-8-16)13-15-5-3-2-4-6-15/h2-6,11-12,16,27H,7-10,13H2,1H3,(H,22,26)(H,23,28). The van der Waals surface area contributed by atoms with E-state index in [0.717, 1.165) is 44.6 Å². The van der Waals surface area contributed by atoms with Crippen molar-refractivity contribution in [2.75, 3.05) is 18.4 Å². The zero-order valence-corrected chi connectivity index (χ0v) is 16.6. The number of hydrogen-bond donors (Lipinski definition) is 3. The first-order valence-electron chi connectivity index (χ1n) is 9.69. The highest BCUT2D eigenvalue weighted by Gasteiger charge is 2.26. The van der Waals surface area contributed by atoms with Gasteiger partial charge in [0, 0.05) is 44.7 Å². The molecule has 158 valence electrons. The van der Waals surface area contributed by atoms with E-state index in [4.69, 9.17) is 0 Å². The van der Waals surface area contributed by atoms with E-state index >= 15 is 0 Å². The number of nitro benzene ring substituents is 1. The molecule has 1 aliphatic heterocycles. The number of nitrogens with zero attached hydrogens (tertiary/aromatic N) is 2. The second-order valence-corrected chi connectivity index (χ2v) is 7.33. The predicted molar refractivity (Wildman–Crippen MR) is 111 cm³/mol. The maximum Gasteiger partial charge on any atom is 0.293 e. The number of piperidine rings is 1. The lowest BCUT2D eigenvalue weighted by molar-refractivity contribution is -0.384. The van der Waals surface area contributed by atoms with Crippen molar-refractivity contribution in [2.24, 2.45) is 0 Å². The summed E-state index contributed by atoms with van der Waals surface area (Å²) in [7, 11) is 0. The fourth-order valence-electron chi connectivity index (χ4n) is 3.54. The fourth-order valence-corrected chi connectivity index (χ4v) is 3.54. The van der Waals surface area contributed by atoms with Crippen LogP contribution in [-0.4, -0.2) is 45.9 Å². The van der Waals surface area contributed by atoms with E-state index in [0.29, 0.717) is 0 Å². The average Bonchev–Trinajstić information content (AvgIpc) is 2.69. The van der Waals surface area contributed by atoms with Crippen molar-refractivity contribution in [3.63, 3.8) is 0 Å². The van der Waals surface area contributed by atoms with Gasteiger partial charge in [-0.15, -0.1) is 0 Å². The monoisotopic (exact) mass is 412 g/mol. The molecule has 30 heavy (non-hydrogen) atoms. The van der Waals surface area contributed by atoms with Gasteiger partial charge in [0.25, 0.3) is 11.6 Å². The quantitative estimate of drug-likeness (QED) is 0.495. The van der Waals surface area contributed by atoms with E-state index in [1.54, 1.807) is 0 Å². The normalized spacial score (nSPS) is 14.8. The van der Waals surface area contributed by atoms with Gasteiger partial charge < -0.3 is 15.7 Å². The molecule has 1 saturated heterocycles. The third-order valence-electron chi connectivity index (χ3n) is 5.04. The van der Waals surface area contributed by atoms with E-state index in [9.17, 15) is 24.8 Å². The van der Waals surface area contributed by atoms with Crippen LogP contribution in [0.15, 0.2) is 42.5 Å². The Balaban J connectivity index is 1.63. The highest BCUT2D eigenvalue weighted by Crippen LogP contribution is 2.32. The number of likely N-dealkylation sites (tertiary alicyclic amines) is 1. The Morgan fingerprint density at radius 2 is 1.87 bits per heavy atom. The summed E-state index contributed by atoms with van der Waals surface area (Å²) in [6.07, 6.45) is 1.48. The molecule has 0 radical (unpaired) electrons. The van der Waals surface area contributed by atoms with Crippen LogP contribution >= 0.6 is 0 Å². The van der Waals surface area contributed by atoms with Crippen LogP contribution in [0.2, 0.25) is 0 Å². The lowest BCUT2D eigenvalue weighted by Crippen LogP contribution is -2.44. The molecule has 3 rings (SSSR count). The first-order valence-corrected chi connectivity index (χ1v) is 9.69. The van der Waals surface area contributed by atoms with E-state index in [1.165, 1.54) is 12.5 Å². The topological polar surface area (TPSA) is 125 Å². The van der Waals surface area contributed by atoms with Crippen molar-refractivity contribution in [3.05, 3.63) is 63.7 Å². The molecular weight excluding hydrogens is 388 g/mol. The Bertz CT molecular complexity index is 940. The number of phenols is 1. The van der Waals surface area contributed by atoms with Crippen LogP contribution in [0.3, 0.4) is 0 Å². The zero-order valence-electron chi connectivity index (χ0n) is 16.6. The molecule has 1 fully saturated rings. The maximum absolute atomic E-state index is 12.6. The van der Waals surface area contributed by atoms with Gasteiger partial charge in [-0.05, 0) is 18.4 Å². The summed E-state index contributed by atoms with van der Waals surface area (Å²) in [6.45, 7) is 3.67. The number of rotatable bonds is 6. The van der Waals surface area contributed by atoms with Crippen LogP contribution in [-0.2, 0) is 11.3 Å². The Morgan fingerprint density at radius 3 is 2.47 bits per heavy atom. The molecule has 0 saturated carbocycles. The first-order chi connectivity index (χ1) is 14.3. The van der Waals surface area contributed by atoms with Gasteiger partial charge >= 0.3 is 0 Å². The molecule has 2 aromatic carbocycles. The zero-order chi connectivity index (χ0) is 21.7. The van der Waals surface area contributed by atoms with E-state index in [1.807, 2.05) is 18.2 Å². The minimum Gasteiger partial charge on any atom is -0.507 e. The maximum atomic E-state index is 12.6. The Morgan fingerprint density at radius 1 is 1.20 bits per heavy atom. The minimum atomic E-state index is -0.705. The van der Waals surface area contributed by atoms with Crippen LogP contribution in [0.25, 0.3) is 0 Å². The van der Waals surface area contributed by atoms with Crippen LogP contribution in [0.5, 0.6) is 5.75 Å². The first kappa shape index (κ1) is 21.3. The van der Waals surface area contributed by atoms with Gasteiger partial charge in [-0.3, -0.25) is 24.6 Å². The minimum absolute atomic E-state index is 0.0852. The molecule has 0 bridgehead atoms. The van der Waals surface area contributed by atoms with Gasteiger partial charge in [0.15, 0.2) is 0 Å². The molecular formula is C21H24N4O5. The van der Waals surface area contributed by atoms with Crippen LogP contribution in [0.1, 0.15) is 35.7 Å². The van der Waals surface area contributed by atoms with Crippen molar-refractivity contribution in [1.82, 2.24) is 10.2 Å². The largest absolute Gasteiger partial charge is 0.507 e. The molecule has 0 spiro atoms. The number of amides is 2. The molecule has 1 heterocycles. The van der Waals surface area contributed by atoms with Crippen LogP contribution in [0.4, 0.5) is 11.4 Å². The number of carbonyl (C=O) groups is 2. The lowest BCUT2D eigenvalue weighted by atomic mass is 10.0. The molecule has 9 heteroatoms. The third-order valence-corrected chi connectivity index (χ3v) is 5.04. The molecule has 0 unspecified atom stereocenters. The molecule has 3 N–H and O–H groups in total. The summed E-state index contributed by atoms with van der Waals surface area (Å²) in [4.78, 5) is 36.7. The smallest absolute Gasteiger partial charge is 0.293 e. The Hall–Kier alpha value is -3.46.